The van der Waals surface area contributed by atoms with Crippen LogP contribution in [0.1, 0.15) is 0 Å². The molecule has 44 heavy (non-hydrogen) atoms. The number of rotatable bonds is 4. The summed E-state index contributed by atoms with van der Waals surface area (Å²) >= 11 is 0. The van der Waals surface area contributed by atoms with Crippen molar-refractivity contribution in [2.24, 2.45) is 0 Å². The van der Waals surface area contributed by atoms with Crippen molar-refractivity contribution in [3.63, 3.8) is 0 Å². The van der Waals surface area contributed by atoms with E-state index in [0.29, 0.717) is 0 Å². The third kappa shape index (κ3) is 3.87. The predicted octanol–water partition coefficient (Wildman–Crippen LogP) is 10.6. The maximum absolute atomic E-state index is 4.41. The Morgan fingerprint density at radius 3 is 1.55 bits per heavy atom. The van der Waals surface area contributed by atoms with E-state index < -0.39 is 0 Å². The fourth-order valence-electron chi connectivity index (χ4n) is 6.83. The van der Waals surface area contributed by atoms with Crippen molar-refractivity contribution in [1.29, 1.82) is 0 Å². The van der Waals surface area contributed by atoms with E-state index in [-0.39, 0.29) is 0 Å². The quantitative estimate of drug-likeness (QED) is 0.201. The molecule has 9 rings (SSSR count). The van der Waals surface area contributed by atoms with Crippen molar-refractivity contribution in [2.45, 2.75) is 0 Å². The first-order valence-electron chi connectivity index (χ1n) is 14.8. The highest BCUT2D eigenvalue weighted by molar-refractivity contribution is 6.28. The van der Waals surface area contributed by atoms with E-state index in [1.165, 1.54) is 60.0 Å². The highest BCUT2D eigenvalue weighted by atomic mass is 14.6. The Hall–Kier alpha value is -5.93. The molecule has 3 heterocycles. The Morgan fingerprint density at radius 2 is 0.886 bits per heavy atom. The van der Waals surface area contributed by atoms with Gasteiger partial charge in [0.05, 0.1) is 0 Å². The average molecular weight is 560 g/mol. The zero-order valence-corrected chi connectivity index (χ0v) is 23.8. The number of benzene rings is 6. The third-order valence-electron chi connectivity index (χ3n) is 8.87. The first-order valence-corrected chi connectivity index (χ1v) is 14.8. The summed E-state index contributed by atoms with van der Waals surface area (Å²) in [5.74, 6) is 0. The van der Waals surface area contributed by atoms with Crippen LogP contribution in [0.2, 0.25) is 0 Å². The Morgan fingerprint density at radius 1 is 0.318 bits per heavy atom. The lowest BCUT2D eigenvalue weighted by molar-refractivity contribution is 1.32. The van der Waals surface area contributed by atoms with Crippen molar-refractivity contribution < 1.29 is 0 Å². The SMILES string of the molecule is c1cncc(-c2cc(-c3cccnc3)cc(-c3ccc4ccc5c(-c6cccc7cnccc67)ccc6ccc3c4c65)c2)c1. The molecule has 204 valence electrons. The lowest BCUT2D eigenvalue weighted by Gasteiger charge is -2.18. The van der Waals surface area contributed by atoms with E-state index in [2.05, 4.69) is 118 Å². The van der Waals surface area contributed by atoms with E-state index in [1.54, 1.807) is 0 Å². The van der Waals surface area contributed by atoms with Crippen molar-refractivity contribution in [3.8, 4) is 44.5 Å². The number of hydrogen-bond acceptors (Lipinski definition) is 3. The number of nitrogens with zero attached hydrogens (tertiary/aromatic N) is 3. The highest BCUT2D eigenvalue weighted by Crippen LogP contribution is 2.44. The Bertz CT molecular complexity index is 2420. The summed E-state index contributed by atoms with van der Waals surface area (Å²) in [6.45, 7) is 0. The molecule has 0 saturated carbocycles. The maximum Gasteiger partial charge on any atom is 0.0346 e. The highest BCUT2D eigenvalue weighted by Gasteiger charge is 2.17. The summed E-state index contributed by atoms with van der Waals surface area (Å²) in [6.07, 6.45) is 11.3. The minimum absolute atomic E-state index is 1.09. The van der Waals surface area contributed by atoms with Crippen LogP contribution in [0.5, 0.6) is 0 Å². The number of hydrogen-bond donors (Lipinski definition) is 0. The second-order valence-electron chi connectivity index (χ2n) is 11.3. The van der Waals surface area contributed by atoms with Crippen LogP contribution in [-0.4, -0.2) is 15.0 Å². The molecule has 0 fully saturated rings. The second kappa shape index (κ2) is 9.82. The van der Waals surface area contributed by atoms with Crippen LogP contribution in [0.25, 0.3) is 87.6 Å². The van der Waals surface area contributed by atoms with Gasteiger partial charge in [-0.2, -0.15) is 0 Å². The summed E-state index contributed by atoms with van der Waals surface area (Å²) in [7, 11) is 0. The summed E-state index contributed by atoms with van der Waals surface area (Å²) in [5, 5.41) is 9.99. The van der Waals surface area contributed by atoms with Crippen molar-refractivity contribution in [2.75, 3.05) is 0 Å². The van der Waals surface area contributed by atoms with Gasteiger partial charge in [0.1, 0.15) is 0 Å². The maximum atomic E-state index is 4.41. The minimum Gasteiger partial charge on any atom is -0.264 e. The molecule has 0 bridgehead atoms. The molecule has 0 spiro atoms. The van der Waals surface area contributed by atoms with Gasteiger partial charge >= 0.3 is 0 Å². The average Bonchev–Trinajstić information content (AvgIpc) is 3.11. The molecule has 3 aromatic heterocycles. The van der Waals surface area contributed by atoms with E-state index in [9.17, 15) is 0 Å². The largest absolute Gasteiger partial charge is 0.264 e. The van der Waals surface area contributed by atoms with Gasteiger partial charge in [0.2, 0.25) is 0 Å². The van der Waals surface area contributed by atoms with Gasteiger partial charge < -0.3 is 0 Å². The van der Waals surface area contributed by atoms with Gasteiger partial charge in [0.25, 0.3) is 0 Å². The molecule has 0 atom stereocenters. The minimum atomic E-state index is 1.09. The Balaban J connectivity index is 1.32. The number of aromatic nitrogens is 3. The van der Waals surface area contributed by atoms with Crippen molar-refractivity contribution in [3.05, 3.63) is 152 Å². The summed E-state index contributed by atoms with van der Waals surface area (Å²) in [6, 6.07) is 41.9. The van der Waals surface area contributed by atoms with Crippen molar-refractivity contribution in [1.82, 2.24) is 15.0 Å². The van der Waals surface area contributed by atoms with Crippen LogP contribution in [0.15, 0.2) is 152 Å². The van der Waals surface area contributed by atoms with Crippen LogP contribution in [0.3, 0.4) is 0 Å². The fourth-order valence-corrected chi connectivity index (χ4v) is 6.83. The van der Waals surface area contributed by atoms with E-state index in [1.807, 2.05) is 49.3 Å². The van der Waals surface area contributed by atoms with Crippen LogP contribution in [0.4, 0.5) is 0 Å². The molecule has 0 unspecified atom stereocenters. The molecule has 0 saturated heterocycles. The Kier molecular flexibility index (Phi) is 5.50. The fraction of sp³-hybridized carbons (Fsp3) is 0. The van der Waals surface area contributed by atoms with Crippen molar-refractivity contribution >= 4 is 43.1 Å². The number of pyridine rings is 3. The molecular weight excluding hydrogens is 534 g/mol. The molecule has 0 aliphatic heterocycles. The topological polar surface area (TPSA) is 38.7 Å². The van der Waals surface area contributed by atoms with E-state index in [4.69, 9.17) is 0 Å². The smallest absolute Gasteiger partial charge is 0.0346 e. The number of fused-ring (bicyclic) bond motifs is 1. The third-order valence-corrected chi connectivity index (χ3v) is 8.87. The standard InChI is InChI=1S/C41H25N3/c1-4-30-25-44-19-16-35(30)36(7-1)37-13-9-27-10-14-38-34(12-8-26-11-15-39(37)41(27)40(26)38)33-21-31(28-5-2-17-42-23-28)20-32(22-33)29-6-3-18-43-24-29/h1-25H. The first kappa shape index (κ1) is 24.6. The summed E-state index contributed by atoms with van der Waals surface area (Å²) < 4.78 is 0. The monoisotopic (exact) mass is 559 g/mol. The predicted molar refractivity (Wildman–Crippen MR) is 183 cm³/mol. The van der Waals surface area contributed by atoms with Crippen LogP contribution >= 0.6 is 0 Å². The lowest BCUT2D eigenvalue weighted by Crippen LogP contribution is -1.91. The molecule has 6 aromatic carbocycles. The summed E-state index contributed by atoms with van der Waals surface area (Å²) in [5.41, 5.74) is 9.30. The molecule has 0 aliphatic carbocycles. The molecular formula is C41H25N3. The van der Waals surface area contributed by atoms with Gasteiger partial charge in [-0.15, -0.1) is 0 Å². The molecule has 0 radical (unpaired) electrons. The van der Waals surface area contributed by atoms with Gasteiger partial charge in [-0.3, -0.25) is 15.0 Å². The second-order valence-corrected chi connectivity index (χ2v) is 11.3. The van der Waals surface area contributed by atoms with Gasteiger partial charge in [0, 0.05) is 53.7 Å². The van der Waals surface area contributed by atoms with Gasteiger partial charge in [-0.25, -0.2) is 0 Å². The normalized spacial score (nSPS) is 11.6. The van der Waals surface area contributed by atoms with Crippen LogP contribution in [0, 0.1) is 0 Å². The first-order chi connectivity index (χ1) is 21.8. The molecule has 9 aromatic rings. The lowest BCUT2D eigenvalue weighted by atomic mass is 9.86. The van der Waals surface area contributed by atoms with Gasteiger partial charge in [-0.1, -0.05) is 78.9 Å². The van der Waals surface area contributed by atoms with Gasteiger partial charge in [0.15, 0.2) is 0 Å². The van der Waals surface area contributed by atoms with Gasteiger partial charge in [-0.05, 0) is 107 Å². The zero-order chi connectivity index (χ0) is 29.0. The van der Waals surface area contributed by atoms with Crippen LogP contribution < -0.4 is 0 Å². The molecule has 0 aliphatic rings. The molecule has 3 nitrogen and oxygen atoms in total. The Labute approximate surface area is 254 Å². The zero-order valence-electron chi connectivity index (χ0n) is 23.8. The van der Waals surface area contributed by atoms with E-state index >= 15 is 0 Å². The van der Waals surface area contributed by atoms with Crippen LogP contribution in [-0.2, 0) is 0 Å². The molecule has 0 N–H and O–H groups in total. The van der Waals surface area contributed by atoms with E-state index in [0.717, 1.165) is 27.6 Å². The molecule has 3 heteroatoms. The summed E-state index contributed by atoms with van der Waals surface area (Å²) in [4.78, 5) is 13.2. The molecule has 0 amide bonds.